The van der Waals surface area contributed by atoms with Crippen LogP contribution in [-0.4, -0.2) is 25.3 Å². The smallest absolute Gasteiger partial charge is 0.491 e. The van der Waals surface area contributed by atoms with Crippen molar-refractivity contribution in [2.24, 2.45) is 0 Å². The Morgan fingerprint density at radius 1 is 1.18 bits per heavy atom. The van der Waals surface area contributed by atoms with Crippen LogP contribution < -0.4 is 20.8 Å². The molecule has 0 fully saturated rings. The second-order valence-electron chi connectivity index (χ2n) is 4.88. The molecule has 1 aliphatic rings. The van der Waals surface area contributed by atoms with Crippen LogP contribution in [0.15, 0.2) is 42.5 Å². The number of methoxy groups -OCH3 is 1. The van der Waals surface area contributed by atoms with Crippen LogP contribution in [0.5, 0.6) is 5.75 Å². The molecular weight excluding hydrogens is 283 g/mol. The zero-order valence-electron chi connectivity index (χ0n) is 12.0. The van der Waals surface area contributed by atoms with Gasteiger partial charge < -0.3 is 25.0 Å². The van der Waals surface area contributed by atoms with Gasteiger partial charge in [-0.05, 0) is 47.4 Å². The monoisotopic (exact) mass is 298 g/mol. The number of urea groups is 1. The normalized spacial score (nSPS) is 12.7. The van der Waals surface area contributed by atoms with E-state index in [9.17, 15) is 9.82 Å². The predicted octanol–water partition coefficient (Wildman–Crippen LogP) is 1.56. The second-order valence-corrected chi connectivity index (χ2v) is 4.88. The minimum Gasteiger partial charge on any atom is -0.497 e. The third-order valence-electron chi connectivity index (χ3n) is 3.41. The summed E-state index contributed by atoms with van der Waals surface area (Å²) in [4.78, 5) is 12.0. The molecule has 0 atom stereocenters. The predicted molar refractivity (Wildman–Crippen MR) is 84.5 cm³/mol. The number of fused-ring (bicyclic) bond motifs is 1. The average molecular weight is 298 g/mol. The molecule has 22 heavy (non-hydrogen) atoms. The fourth-order valence-electron chi connectivity index (χ4n) is 2.26. The minimum atomic E-state index is -0.929. The summed E-state index contributed by atoms with van der Waals surface area (Å²) in [6, 6.07) is 12.0. The number of nitrogens with one attached hydrogen (secondary N) is 2. The van der Waals surface area contributed by atoms with E-state index in [-0.39, 0.29) is 6.03 Å². The second kappa shape index (κ2) is 6.09. The summed E-state index contributed by atoms with van der Waals surface area (Å²) in [5.74, 6) is 0.721. The molecule has 1 heterocycles. The van der Waals surface area contributed by atoms with Gasteiger partial charge in [0.05, 0.1) is 13.7 Å². The molecule has 2 aromatic rings. The number of anilines is 2. The number of carbonyl (C=O) groups excluding carboxylic acids is 1. The third-order valence-corrected chi connectivity index (χ3v) is 3.41. The van der Waals surface area contributed by atoms with E-state index in [1.165, 1.54) is 0 Å². The van der Waals surface area contributed by atoms with Crippen LogP contribution in [-0.2, 0) is 11.3 Å². The van der Waals surface area contributed by atoms with Crippen LogP contribution in [0.2, 0.25) is 0 Å². The van der Waals surface area contributed by atoms with E-state index in [1.54, 1.807) is 43.5 Å². The van der Waals surface area contributed by atoms with Crippen LogP contribution in [0.4, 0.5) is 16.2 Å². The molecule has 2 aromatic carbocycles. The molecule has 0 aromatic heterocycles. The summed E-state index contributed by atoms with van der Waals surface area (Å²) in [7, 11) is 0.655. The van der Waals surface area contributed by atoms with Gasteiger partial charge in [-0.15, -0.1) is 0 Å². The van der Waals surface area contributed by atoms with Crippen molar-refractivity contribution in [3.05, 3.63) is 48.0 Å². The fourth-order valence-corrected chi connectivity index (χ4v) is 2.26. The summed E-state index contributed by atoms with van der Waals surface area (Å²) >= 11 is 0. The van der Waals surface area contributed by atoms with E-state index in [1.807, 2.05) is 6.07 Å². The lowest BCUT2D eigenvalue weighted by Gasteiger charge is -2.09. The Hall–Kier alpha value is -2.51. The van der Waals surface area contributed by atoms with Gasteiger partial charge >= 0.3 is 13.1 Å². The Morgan fingerprint density at radius 3 is 2.59 bits per heavy atom. The molecule has 0 saturated heterocycles. The molecule has 2 amide bonds. The summed E-state index contributed by atoms with van der Waals surface area (Å²) in [6.45, 7) is 0.384. The van der Waals surface area contributed by atoms with Crippen molar-refractivity contribution >= 4 is 30.0 Å². The Kier molecular flexibility index (Phi) is 3.99. The molecule has 0 radical (unpaired) electrons. The van der Waals surface area contributed by atoms with Gasteiger partial charge in [-0.25, -0.2) is 4.79 Å². The van der Waals surface area contributed by atoms with Gasteiger partial charge in [0.25, 0.3) is 0 Å². The van der Waals surface area contributed by atoms with Crippen LogP contribution in [0.3, 0.4) is 0 Å². The van der Waals surface area contributed by atoms with E-state index in [0.29, 0.717) is 23.4 Å². The Labute approximate surface area is 128 Å². The number of benzene rings is 2. The first-order chi connectivity index (χ1) is 10.7. The summed E-state index contributed by atoms with van der Waals surface area (Å²) < 4.78 is 10.2. The molecule has 6 nitrogen and oxygen atoms in total. The molecule has 3 rings (SSSR count). The van der Waals surface area contributed by atoms with Gasteiger partial charge in [0.15, 0.2) is 0 Å². The zero-order chi connectivity index (χ0) is 15.5. The molecule has 0 aliphatic carbocycles. The molecule has 0 spiro atoms. The highest BCUT2D eigenvalue weighted by Gasteiger charge is 2.27. The van der Waals surface area contributed by atoms with Crippen LogP contribution in [0, 0.1) is 0 Å². The van der Waals surface area contributed by atoms with Crippen molar-refractivity contribution in [1.82, 2.24) is 0 Å². The Morgan fingerprint density at radius 2 is 1.86 bits per heavy atom. The lowest BCUT2D eigenvalue weighted by Crippen LogP contribution is -2.29. The number of hydrogen-bond acceptors (Lipinski definition) is 4. The quantitative estimate of drug-likeness (QED) is 0.751. The van der Waals surface area contributed by atoms with E-state index in [0.717, 1.165) is 11.3 Å². The van der Waals surface area contributed by atoms with Gasteiger partial charge in [0.1, 0.15) is 5.75 Å². The summed E-state index contributed by atoms with van der Waals surface area (Å²) in [5, 5.41) is 15.1. The highest BCUT2D eigenvalue weighted by molar-refractivity contribution is 6.61. The highest BCUT2D eigenvalue weighted by atomic mass is 16.5. The van der Waals surface area contributed by atoms with Crippen LogP contribution in [0.25, 0.3) is 0 Å². The number of ether oxygens (including phenoxy) is 1. The minimum absolute atomic E-state index is 0.362. The fraction of sp³-hybridized carbons (Fsp3) is 0.133. The topological polar surface area (TPSA) is 79.8 Å². The zero-order valence-corrected chi connectivity index (χ0v) is 12.0. The lowest BCUT2D eigenvalue weighted by atomic mass is 9.79. The molecule has 7 heteroatoms. The van der Waals surface area contributed by atoms with E-state index >= 15 is 0 Å². The lowest BCUT2D eigenvalue weighted by molar-refractivity contribution is 0.262. The van der Waals surface area contributed by atoms with Crippen molar-refractivity contribution < 1.29 is 19.2 Å². The molecule has 1 aliphatic heterocycles. The van der Waals surface area contributed by atoms with Crippen molar-refractivity contribution in [2.75, 3.05) is 17.7 Å². The number of carbonyl (C=O) groups is 1. The SMILES string of the molecule is COc1ccc(NC(=O)Nc2ccc3c(c2)B(O)OC3)cc1. The van der Waals surface area contributed by atoms with Crippen molar-refractivity contribution in [3.63, 3.8) is 0 Å². The average Bonchev–Trinajstić information content (AvgIpc) is 2.89. The molecular formula is C15H15BN2O4. The first-order valence-electron chi connectivity index (χ1n) is 6.80. The number of rotatable bonds is 3. The van der Waals surface area contributed by atoms with E-state index in [2.05, 4.69) is 10.6 Å². The molecule has 112 valence electrons. The van der Waals surface area contributed by atoms with Gasteiger partial charge in [-0.3, -0.25) is 0 Å². The Bertz CT molecular complexity index is 690. The maximum absolute atomic E-state index is 12.0. The Balaban J connectivity index is 1.65. The molecule has 0 unspecified atom stereocenters. The van der Waals surface area contributed by atoms with E-state index in [4.69, 9.17) is 9.39 Å². The van der Waals surface area contributed by atoms with Gasteiger partial charge in [0.2, 0.25) is 0 Å². The van der Waals surface area contributed by atoms with Gasteiger partial charge in [0, 0.05) is 11.4 Å². The largest absolute Gasteiger partial charge is 0.497 e. The van der Waals surface area contributed by atoms with Crippen molar-refractivity contribution in [1.29, 1.82) is 0 Å². The van der Waals surface area contributed by atoms with Gasteiger partial charge in [-0.1, -0.05) is 6.07 Å². The van der Waals surface area contributed by atoms with Crippen molar-refractivity contribution in [3.8, 4) is 5.75 Å². The molecule has 3 N–H and O–H groups in total. The maximum Gasteiger partial charge on any atom is 0.491 e. The summed E-state index contributed by atoms with van der Waals surface area (Å²) in [5.41, 5.74) is 2.85. The third kappa shape index (κ3) is 3.05. The maximum atomic E-state index is 12.0. The first-order valence-corrected chi connectivity index (χ1v) is 6.80. The molecule has 0 bridgehead atoms. The van der Waals surface area contributed by atoms with Crippen LogP contribution in [0.1, 0.15) is 5.56 Å². The number of amides is 2. The summed E-state index contributed by atoms with van der Waals surface area (Å²) in [6.07, 6.45) is 0. The van der Waals surface area contributed by atoms with Crippen molar-refractivity contribution in [2.45, 2.75) is 6.61 Å². The number of hydrogen-bond donors (Lipinski definition) is 3. The first kappa shape index (κ1) is 14.4. The van der Waals surface area contributed by atoms with Gasteiger partial charge in [-0.2, -0.15) is 0 Å². The standard InChI is InChI=1S/C15H15BN2O4/c1-21-13-6-4-11(5-7-13)17-15(19)18-12-3-2-10-9-22-16(20)14(10)8-12/h2-8,20H,9H2,1H3,(H2,17,18,19). The van der Waals surface area contributed by atoms with E-state index < -0.39 is 7.12 Å². The van der Waals surface area contributed by atoms with Crippen LogP contribution >= 0.6 is 0 Å². The molecule has 0 saturated carbocycles. The highest BCUT2D eigenvalue weighted by Crippen LogP contribution is 2.17.